The maximum absolute atomic E-state index is 4.24. The SMILES string of the molecule is [c]1ccccc1-c1ccnc2ncccc12. The van der Waals surface area contributed by atoms with E-state index in [0.717, 1.165) is 22.2 Å². The molecule has 2 heteroatoms. The predicted octanol–water partition coefficient (Wildman–Crippen LogP) is 3.10. The molecule has 1 aromatic carbocycles. The molecule has 3 rings (SSSR count). The smallest absolute Gasteiger partial charge is 0.159 e. The first-order chi connectivity index (χ1) is 7.95. The minimum atomic E-state index is 0.775. The van der Waals surface area contributed by atoms with Gasteiger partial charge >= 0.3 is 0 Å². The Hall–Kier alpha value is -2.22. The Balaban J connectivity index is 2.32. The molecule has 1 radical (unpaired) electrons. The highest BCUT2D eigenvalue weighted by molar-refractivity contribution is 5.91. The first-order valence-corrected chi connectivity index (χ1v) is 5.12. The Morgan fingerprint density at radius 2 is 1.81 bits per heavy atom. The molecule has 0 unspecified atom stereocenters. The maximum Gasteiger partial charge on any atom is 0.159 e. The topological polar surface area (TPSA) is 25.8 Å². The molecule has 0 amide bonds. The number of hydrogen-bond acceptors (Lipinski definition) is 2. The summed E-state index contributed by atoms with van der Waals surface area (Å²) in [5, 5.41) is 1.06. The summed E-state index contributed by atoms with van der Waals surface area (Å²) < 4.78 is 0. The van der Waals surface area contributed by atoms with E-state index >= 15 is 0 Å². The molecular formula is C14H9N2. The second-order valence-corrected chi connectivity index (χ2v) is 3.51. The van der Waals surface area contributed by atoms with Crippen LogP contribution < -0.4 is 0 Å². The Bertz CT molecular complexity index is 612. The lowest BCUT2D eigenvalue weighted by molar-refractivity contribution is 1.29. The summed E-state index contributed by atoms with van der Waals surface area (Å²) >= 11 is 0. The first-order valence-electron chi connectivity index (χ1n) is 5.12. The van der Waals surface area contributed by atoms with Crippen LogP contribution in [0.2, 0.25) is 0 Å². The van der Waals surface area contributed by atoms with Gasteiger partial charge in [-0.25, -0.2) is 9.97 Å². The zero-order chi connectivity index (χ0) is 10.8. The van der Waals surface area contributed by atoms with Crippen molar-refractivity contribution in [3.8, 4) is 11.1 Å². The lowest BCUT2D eigenvalue weighted by atomic mass is 10.0. The van der Waals surface area contributed by atoms with E-state index in [1.54, 1.807) is 12.4 Å². The molecule has 0 aliphatic heterocycles. The normalized spacial score (nSPS) is 10.5. The van der Waals surface area contributed by atoms with Crippen LogP contribution in [0.1, 0.15) is 0 Å². The minimum absolute atomic E-state index is 0.775. The first kappa shape index (κ1) is 9.04. The summed E-state index contributed by atoms with van der Waals surface area (Å²) in [6, 6.07) is 17.1. The van der Waals surface area contributed by atoms with E-state index in [4.69, 9.17) is 0 Å². The zero-order valence-electron chi connectivity index (χ0n) is 8.59. The quantitative estimate of drug-likeness (QED) is 0.610. The average molecular weight is 205 g/mol. The van der Waals surface area contributed by atoms with Gasteiger partial charge in [0, 0.05) is 17.8 Å². The number of hydrogen-bond donors (Lipinski definition) is 0. The van der Waals surface area contributed by atoms with Gasteiger partial charge in [-0.05, 0) is 35.4 Å². The van der Waals surface area contributed by atoms with Crippen LogP contribution in [0.4, 0.5) is 0 Å². The van der Waals surface area contributed by atoms with Gasteiger partial charge in [-0.3, -0.25) is 0 Å². The summed E-state index contributed by atoms with van der Waals surface area (Å²) in [5.74, 6) is 0. The third-order valence-corrected chi connectivity index (χ3v) is 2.51. The average Bonchev–Trinajstić information content (AvgIpc) is 2.39. The summed E-state index contributed by atoms with van der Waals surface area (Å²) in [4.78, 5) is 8.48. The van der Waals surface area contributed by atoms with Crippen LogP contribution in [0.5, 0.6) is 0 Å². The molecule has 0 fully saturated rings. The van der Waals surface area contributed by atoms with E-state index in [-0.39, 0.29) is 0 Å². The molecule has 0 bridgehead atoms. The van der Waals surface area contributed by atoms with Crippen molar-refractivity contribution >= 4 is 11.0 Å². The second kappa shape index (κ2) is 3.74. The lowest BCUT2D eigenvalue weighted by Gasteiger charge is -2.04. The fraction of sp³-hybridized carbons (Fsp3) is 0. The van der Waals surface area contributed by atoms with Crippen molar-refractivity contribution in [2.75, 3.05) is 0 Å². The van der Waals surface area contributed by atoms with Gasteiger partial charge in [-0.2, -0.15) is 0 Å². The summed E-state index contributed by atoms with van der Waals surface area (Å²) in [6.45, 7) is 0. The molecule has 0 saturated carbocycles. The maximum atomic E-state index is 4.24. The van der Waals surface area contributed by atoms with Crippen molar-refractivity contribution in [3.63, 3.8) is 0 Å². The molecule has 2 nitrogen and oxygen atoms in total. The number of rotatable bonds is 1. The van der Waals surface area contributed by atoms with E-state index in [1.807, 2.05) is 42.5 Å². The molecule has 0 aliphatic rings. The fourth-order valence-electron chi connectivity index (χ4n) is 1.78. The van der Waals surface area contributed by atoms with Crippen LogP contribution in [0, 0.1) is 6.07 Å². The van der Waals surface area contributed by atoms with E-state index in [2.05, 4.69) is 16.0 Å². The van der Waals surface area contributed by atoms with Crippen LogP contribution in [0.3, 0.4) is 0 Å². The summed E-state index contributed by atoms with van der Waals surface area (Å²) in [6.07, 6.45) is 3.54. The molecule has 0 saturated heterocycles. The van der Waals surface area contributed by atoms with Crippen LogP contribution >= 0.6 is 0 Å². The number of benzene rings is 1. The third kappa shape index (κ3) is 1.44. The zero-order valence-corrected chi connectivity index (χ0v) is 8.59. The monoisotopic (exact) mass is 205 g/mol. The molecule has 0 aliphatic carbocycles. The van der Waals surface area contributed by atoms with Crippen molar-refractivity contribution in [1.82, 2.24) is 9.97 Å². The highest BCUT2D eigenvalue weighted by Gasteiger charge is 2.03. The number of aromatic nitrogens is 2. The molecule has 3 aromatic rings. The Morgan fingerprint density at radius 3 is 2.69 bits per heavy atom. The second-order valence-electron chi connectivity index (χ2n) is 3.51. The van der Waals surface area contributed by atoms with Gasteiger partial charge < -0.3 is 0 Å². The van der Waals surface area contributed by atoms with Crippen molar-refractivity contribution < 1.29 is 0 Å². The van der Waals surface area contributed by atoms with Crippen molar-refractivity contribution in [3.05, 3.63) is 60.9 Å². The molecule has 75 valence electrons. The number of nitrogens with zero attached hydrogens (tertiary/aromatic N) is 2. The highest BCUT2D eigenvalue weighted by atomic mass is 14.8. The third-order valence-electron chi connectivity index (χ3n) is 2.51. The Labute approximate surface area is 93.6 Å². The van der Waals surface area contributed by atoms with E-state index in [1.165, 1.54) is 0 Å². The molecule has 2 aromatic heterocycles. The number of pyridine rings is 2. The summed E-state index contributed by atoms with van der Waals surface area (Å²) in [7, 11) is 0. The number of fused-ring (bicyclic) bond motifs is 1. The predicted molar refractivity (Wildman–Crippen MR) is 63.8 cm³/mol. The fourth-order valence-corrected chi connectivity index (χ4v) is 1.78. The van der Waals surface area contributed by atoms with Crippen molar-refractivity contribution in [2.24, 2.45) is 0 Å². The highest BCUT2D eigenvalue weighted by Crippen LogP contribution is 2.25. The van der Waals surface area contributed by atoms with Crippen LogP contribution in [-0.2, 0) is 0 Å². The molecule has 0 N–H and O–H groups in total. The van der Waals surface area contributed by atoms with Gasteiger partial charge in [0.1, 0.15) is 0 Å². The van der Waals surface area contributed by atoms with Crippen LogP contribution in [-0.4, -0.2) is 9.97 Å². The minimum Gasteiger partial charge on any atom is -0.237 e. The van der Waals surface area contributed by atoms with Gasteiger partial charge in [0.05, 0.1) is 0 Å². The molecular weight excluding hydrogens is 196 g/mol. The lowest BCUT2D eigenvalue weighted by Crippen LogP contribution is -1.86. The molecule has 2 heterocycles. The van der Waals surface area contributed by atoms with Crippen molar-refractivity contribution in [2.45, 2.75) is 0 Å². The largest absolute Gasteiger partial charge is 0.237 e. The van der Waals surface area contributed by atoms with Gasteiger partial charge in [0.25, 0.3) is 0 Å². The van der Waals surface area contributed by atoms with E-state index < -0.39 is 0 Å². The van der Waals surface area contributed by atoms with Gasteiger partial charge in [0.2, 0.25) is 0 Å². The Kier molecular flexibility index (Phi) is 2.11. The standard InChI is InChI=1S/C14H9N2/c1-2-5-11(6-3-1)12-8-10-16-14-13(12)7-4-9-15-14/h1-5,7-10H. The van der Waals surface area contributed by atoms with Gasteiger partial charge in [0.15, 0.2) is 5.65 Å². The van der Waals surface area contributed by atoms with E-state index in [9.17, 15) is 0 Å². The van der Waals surface area contributed by atoms with Crippen molar-refractivity contribution in [1.29, 1.82) is 0 Å². The summed E-state index contributed by atoms with van der Waals surface area (Å²) in [5.41, 5.74) is 2.97. The van der Waals surface area contributed by atoms with Crippen LogP contribution in [0.25, 0.3) is 22.2 Å². The molecule has 0 spiro atoms. The van der Waals surface area contributed by atoms with Crippen LogP contribution in [0.15, 0.2) is 54.9 Å². The van der Waals surface area contributed by atoms with E-state index in [0.29, 0.717) is 0 Å². The Morgan fingerprint density at radius 1 is 0.875 bits per heavy atom. The van der Waals surface area contributed by atoms with Gasteiger partial charge in [-0.15, -0.1) is 0 Å². The molecule has 16 heavy (non-hydrogen) atoms. The van der Waals surface area contributed by atoms with Gasteiger partial charge in [-0.1, -0.05) is 24.3 Å². The molecule has 0 atom stereocenters.